The highest BCUT2D eigenvalue weighted by atomic mass is 16.5. The molecule has 0 saturated heterocycles. The van der Waals surface area contributed by atoms with E-state index >= 15 is 0 Å². The van der Waals surface area contributed by atoms with Gasteiger partial charge in [0.25, 0.3) is 0 Å². The minimum Gasteiger partial charge on any atom is -0.391 e. The van der Waals surface area contributed by atoms with Gasteiger partial charge in [-0.25, -0.2) is 0 Å². The summed E-state index contributed by atoms with van der Waals surface area (Å²) in [6, 6.07) is 9.62. The zero-order valence-corrected chi connectivity index (χ0v) is 11.0. The maximum atomic E-state index is 9.84. The first-order chi connectivity index (χ1) is 8.67. The number of benzene rings is 1. The molecule has 0 radical (unpaired) electrons. The molecule has 100 valence electrons. The molecule has 0 amide bonds. The van der Waals surface area contributed by atoms with Crippen LogP contribution in [0.4, 0.5) is 0 Å². The Labute approximate surface area is 109 Å². The molecule has 0 heterocycles. The molecule has 1 aromatic carbocycles. The Morgan fingerprint density at radius 1 is 1.39 bits per heavy atom. The second-order valence-corrected chi connectivity index (χ2v) is 4.44. The van der Waals surface area contributed by atoms with Gasteiger partial charge in [0.2, 0.25) is 0 Å². The first-order valence-corrected chi connectivity index (χ1v) is 6.39. The van der Waals surface area contributed by atoms with Gasteiger partial charge in [0.05, 0.1) is 18.8 Å². The Bertz CT molecular complexity index is 340. The van der Waals surface area contributed by atoms with Gasteiger partial charge in [-0.3, -0.25) is 0 Å². The molecule has 0 saturated carbocycles. The van der Waals surface area contributed by atoms with E-state index in [1.807, 2.05) is 37.3 Å². The van der Waals surface area contributed by atoms with Gasteiger partial charge in [-0.05, 0) is 12.0 Å². The lowest BCUT2D eigenvalue weighted by atomic mass is 10.0. The molecular formula is C15H23NO2. The van der Waals surface area contributed by atoms with Crippen LogP contribution >= 0.6 is 0 Å². The van der Waals surface area contributed by atoms with Crippen LogP contribution in [0.1, 0.15) is 25.3 Å². The van der Waals surface area contributed by atoms with Gasteiger partial charge in [0, 0.05) is 12.5 Å². The molecule has 3 N–H and O–H groups in total. The lowest BCUT2D eigenvalue weighted by Crippen LogP contribution is -2.35. The quantitative estimate of drug-likeness (QED) is 0.695. The third-order valence-electron chi connectivity index (χ3n) is 3.00. The zero-order chi connectivity index (χ0) is 13.4. The molecular weight excluding hydrogens is 226 g/mol. The highest BCUT2D eigenvalue weighted by Crippen LogP contribution is 2.12. The molecule has 3 atom stereocenters. The standard InChI is InChI=1S/C15H23NO2/c1-3-13(10-15(17)14(16)4-2)18-11-12-8-6-5-7-9-12/h4-9,13-15,17H,2-3,10-11,16H2,1H3/t13?,14-,15-/m0/s1. The summed E-state index contributed by atoms with van der Waals surface area (Å²) >= 11 is 0. The van der Waals surface area contributed by atoms with Gasteiger partial charge in [0.1, 0.15) is 0 Å². The van der Waals surface area contributed by atoms with E-state index < -0.39 is 6.10 Å². The predicted octanol–water partition coefficient (Wildman–Crippen LogP) is 2.25. The molecule has 0 aliphatic heterocycles. The van der Waals surface area contributed by atoms with E-state index in [4.69, 9.17) is 10.5 Å². The predicted molar refractivity (Wildman–Crippen MR) is 74.1 cm³/mol. The molecule has 0 aromatic heterocycles. The Kier molecular flexibility index (Phi) is 6.65. The van der Waals surface area contributed by atoms with Gasteiger partial charge in [0.15, 0.2) is 0 Å². The van der Waals surface area contributed by atoms with E-state index in [9.17, 15) is 5.11 Å². The van der Waals surface area contributed by atoms with Crippen molar-refractivity contribution in [3.8, 4) is 0 Å². The Balaban J connectivity index is 2.40. The molecule has 1 rings (SSSR count). The highest BCUT2D eigenvalue weighted by Gasteiger charge is 2.17. The normalized spacial score (nSPS) is 15.9. The van der Waals surface area contributed by atoms with Crippen LogP contribution in [-0.4, -0.2) is 23.4 Å². The van der Waals surface area contributed by atoms with E-state index in [2.05, 4.69) is 6.58 Å². The van der Waals surface area contributed by atoms with Crippen LogP contribution in [-0.2, 0) is 11.3 Å². The van der Waals surface area contributed by atoms with E-state index in [0.29, 0.717) is 13.0 Å². The van der Waals surface area contributed by atoms with Gasteiger partial charge in [-0.15, -0.1) is 6.58 Å². The lowest BCUT2D eigenvalue weighted by Gasteiger charge is -2.22. The molecule has 1 unspecified atom stereocenters. The van der Waals surface area contributed by atoms with Crippen molar-refractivity contribution in [3.05, 3.63) is 48.6 Å². The summed E-state index contributed by atoms with van der Waals surface area (Å²) in [4.78, 5) is 0. The summed E-state index contributed by atoms with van der Waals surface area (Å²) in [6.07, 6.45) is 2.38. The van der Waals surface area contributed by atoms with Crippen molar-refractivity contribution in [1.82, 2.24) is 0 Å². The molecule has 0 aliphatic carbocycles. The summed E-state index contributed by atoms with van der Waals surface area (Å²) in [5, 5.41) is 9.84. The van der Waals surface area contributed by atoms with Crippen molar-refractivity contribution in [2.45, 2.75) is 44.6 Å². The minimum absolute atomic E-state index is 0.0196. The van der Waals surface area contributed by atoms with Crippen molar-refractivity contribution in [1.29, 1.82) is 0 Å². The maximum Gasteiger partial charge on any atom is 0.0751 e. The van der Waals surface area contributed by atoms with E-state index in [-0.39, 0.29) is 12.1 Å². The van der Waals surface area contributed by atoms with Crippen molar-refractivity contribution in [2.75, 3.05) is 0 Å². The van der Waals surface area contributed by atoms with Crippen LogP contribution in [0.25, 0.3) is 0 Å². The van der Waals surface area contributed by atoms with Gasteiger partial charge in [-0.1, -0.05) is 43.3 Å². The average Bonchev–Trinajstić information content (AvgIpc) is 2.43. The molecule has 0 fully saturated rings. The summed E-state index contributed by atoms with van der Waals surface area (Å²) in [5.41, 5.74) is 6.84. The van der Waals surface area contributed by atoms with E-state index in [1.54, 1.807) is 6.08 Å². The molecule has 18 heavy (non-hydrogen) atoms. The van der Waals surface area contributed by atoms with Crippen molar-refractivity contribution < 1.29 is 9.84 Å². The second-order valence-electron chi connectivity index (χ2n) is 4.44. The second kappa shape index (κ2) is 8.03. The Morgan fingerprint density at radius 2 is 2.06 bits per heavy atom. The number of hydrogen-bond donors (Lipinski definition) is 2. The summed E-state index contributed by atoms with van der Waals surface area (Å²) < 4.78 is 5.79. The smallest absolute Gasteiger partial charge is 0.0751 e. The SMILES string of the molecule is C=C[C@H](N)[C@@H](O)CC(CC)OCc1ccccc1. The fourth-order valence-electron chi connectivity index (χ4n) is 1.72. The largest absolute Gasteiger partial charge is 0.391 e. The van der Waals surface area contributed by atoms with Crippen LogP contribution in [0.2, 0.25) is 0 Å². The molecule has 3 nitrogen and oxygen atoms in total. The average molecular weight is 249 g/mol. The Morgan fingerprint density at radius 3 is 2.61 bits per heavy atom. The van der Waals surface area contributed by atoms with Crippen LogP contribution in [0.3, 0.4) is 0 Å². The van der Waals surface area contributed by atoms with Crippen molar-refractivity contribution in [2.24, 2.45) is 5.73 Å². The van der Waals surface area contributed by atoms with E-state index in [1.165, 1.54) is 0 Å². The van der Waals surface area contributed by atoms with Crippen LogP contribution in [0, 0.1) is 0 Å². The fraction of sp³-hybridized carbons (Fsp3) is 0.467. The van der Waals surface area contributed by atoms with Gasteiger partial charge in [-0.2, -0.15) is 0 Å². The molecule has 1 aromatic rings. The van der Waals surface area contributed by atoms with Gasteiger partial charge < -0.3 is 15.6 Å². The third kappa shape index (κ3) is 5.00. The fourth-order valence-corrected chi connectivity index (χ4v) is 1.72. The van der Waals surface area contributed by atoms with Crippen molar-refractivity contribution >= 4 is 0 Å². The number of nitrogens with two attached hydrogens (primary N) is 1. The van der Waals surface area contributed by atoms with Crippen molar-refractivity contribution in [3.63, 3.8) is 0 Å². The van der Waals surface area contributed by atoms with Crippen LogP contribution in [0.15, 0.2) is 43.0 Å². The topological polar surface area (TPSA) is 55.5 Å². The monoisotopic (exact) mass is 249 g/mol. The summed E-state index contributed by atoms with van der Waals surface area (Å²) in [6.45, 7) is 6.19. The molecule has 0 spiro atoms. The maximum absolute atomic E-state index is 9.84. The highest BCUT2D eigenvalue weighted by molar-refractivity contribution is 5.13. The molecule has 0 aliphatic rings. The summed E-state index contributed by atoms with van der Waals surface area (Å²) in [5.74, 6) is 0. The number of ether oxygens (including phenoxy) is 1. The Hall–Kier alpha value is -1.16. The number of hydrogen-bond acceptors (Lipinski definition) is 3. The number of rotatable bonds is 8. The molecule has 3 heteroatoms. The van der Waals surface area contributed by atoms with Crippen LogP contribution < -0.4 is 5.73 Å². The van der Waals surface area contributed by atoms with Crippen LogP contribution in [0.5, 0.6) is 0 Å². The number of aliphatic hydroxyl groups excluding tert-OH is 1. The lowest BCUT2D eigenvalue weighted by molar-refractivity contribution is -0.000430. The van der Waals surface area contributed by atoms with E-state index in [0.717, 1.165) is 12.0 Å². The summed E-state index contributed by atoms with van der Waals surface area (Å²) in [7, 11) is 0. The zero-order valence-electron chi connectivity index (χ0n) is 11.0. The third-order valence-corrected chi connectivity index (χ3v) is 3.00. The van der Waals surface area contributed by atoms with Gasteiger partial charge >= 0.3 is 0 Å². The first-order valence-electron chi connectivity index (χ1n) is 6.39. The first kappa shape index (κ1) is 14.9. The molecule has 0 bridgehead atoms. The number of aliphatic hydroxyl groups is 1. The minimum atomic E-state index is -0.594.